The molecule has 11 amide bonds. The van der Waals surface area contributed by atoms with E-state index in [0.717, 1.165) is 49.1 Å². The summed E-state index contributed by atoms with van der Waals surface area (Å²) in [6, 6.07) is -4.60. The number of rotatable bonds is 12. The molecule has 1 spiro atoms. The van der Waals surface area contributed by atoms with Crippen molar-refractivity contribution in [2.24, 2.45) is 29.6 Å². The molecule has 1 aromatic carbocycles. The van der Waals surface area contributed by atoms with Crippen molar-refractivity contribution in [2.45, 2.75) is 225 Å². The molecule has 2 aliphatic heterocycles. The lowest BCUT2D eigenvalue weighted by atomic mass is 9.84. The Balaban J connectivity index is 1.57. The van der Waals surface area contributed by atoms with Crippen molar-refractivity contribution in [1.29, 1.82) is 0 Å². The van der Waals surface area contributed by atoms with E-state index in [2.05, 4.69) is 21.3 Å². The van der Waals surface area contributed by atoms with Gasteiger partial charge in [-0.2, -0.15) is 13.2 Å². The number of halogens is 4. The highest BCUT2D eigenvalue weighted by molar-refractivity contribution is 6.31. The average molecular weight is 1330 g/mol. The number of alkyl halides is 3. The van der Waals surface area contributed by atoms with E-state index < -0.39 is 161 Å². The first-order valence-corrected chi connectivity index (χ1v) is 33.8. The number of likely N-dealkylation sites (N-methyl/N-ethyl adjacent to an activating group) is 5. The summed E-state index contributed by atoms with van der Waals surface area (Å²) in [7, 11) is 7.21. The van der Waals surface area contributed by atoms with E-state index in [1.54, 1.807) is 27.7 Å². The molecule has 1 unspecified atom stereocenters. The lowest BCUT2D eigenvalue weighted by molar-refractivity contribution is -0.150. The quantitative estimate of drug-likeness (QED) is 0.183. The maximum Gasteiger partial charge on any atom is 0.417 e. The monoisotopic (exact) mass is 1330 g/mol. The van der Waals surface area contributed by atoms with Gasteiger partial charge in [-0.15, -0.1) is 0 Å². The van der Waals surface area contributed by atoms with Crippen LogP contribution in [-0.2, 0) is 65.3 Å². The summed E-state index contributed by atoms with van der Waals surface area (Å²) in [5, 5.41) is 11.1. The Hall–Kier alpha value is -6.53. The minimum Gasteiger partial charge on any atom is -0.351 e. The summed E-state index contributed by atoms with van der Waals surface area (Å²) >= 11 is 6.12. The highest BCUT2D eigenvalue weighted by Crippen LogP contribution is 2.37. The van der Waals surface area contributed by atoms with E-state index >= 15 is 9.59 Å². The molecule has 93 heavy (non-hydrogen) atoms. The molecule has 2 saturated heterocycles. The molecular formula is C67H105ClF3N11O11. The van der Waals surface area contributed by atoms with Crippen LogP contribution in [-0.4, -0.2) is 215 Å². The van der Waals surface area contributed by atoms with Gasteiger partial charge in [0.2, 0.25) is 65.0 Å². The highest BCUT2D eigenvalue weighted by atomic mass is 35.5. The molecule has 2 saturated carbocycles. The van der Waals surface area contributed by atoms with E-state index in [1.165, 1.54) is 70.7 Å². The molecule has 0 aromatic heterocycles. The molecular weight excluding hydrogens is 1230 g/mol. The van der Waals surface area contributed by atoms with Gasteiger partial charge in [-0.1, -0.05) is 124 Å². The van der Waals surface area contributed by atoms with E-state index in [-0.39, 0.29) is 82.2 Å². The summed E-state index contributed by atoms with van der Waals surface area (Å²) in [6.45, 7) is 14.9. The summed E-state index contributed by atoms with van der Waals surface area (Å²) in [4.78, 5) is 170. The molecule has 22 nitrogen and oxygen atoms in total. The standard InChI is InChI=1S/C67H105ClF3N11O11/c1-15-43(8)57-64(92)81(36-41(4)5)39-55(85)76(10)38-56(86)79(13)52(35-45-22-17-16-18-23-45)63(91)77(11)37-53(83)73-49(28-26-46-25-27-47(48(68)34-46)67(69,70)71)62(90)82-31-21-24-50(82)60(88)75-66(29-19-20-30-66)65(93)80(14)58(42(6)7)61(89)72-44(9)33-54(84)78(12)51(32-40(2)3)59(87)74-57/h25,27,34,40-45,49-52,57-58H,15-24,26,28-33,35-39H2,1-14H3,(H,72,89)(H,73,83)(H,74,87)(H,75,88)/t43-,44+,49-,50?,51-,52-,57-,58-/m0/s1. The first kappa shape index (κ1) is 77.2. The minimum atomic E-state index is -4.75. The third kappa shape index (κ3) is 20.7. The molecule has 2 aliphatic carbocycles. The number of hydrogen-bond donors (Lipinski definition) is 4. The Labute approximate surface area is 553 Å². The summed E-state index contributed by atoms with van der Waals surface area (Å²) < 4.78 is 41.4. The maximum absolute atomic E-state index is 15.0. The van der Waals surface area contributed by atoms with Gasteiger partial charge >= 0.3 is 6.18 Å². The minimum absolute atomic E-state index is 0.0301. The van der Waals surface area contributed by atoms with Gasteiger partial charge < -0.3 is 55.6 Å². The number of fused-ring (bicyclic) bond motifs is 1. The van der Waals surface area contributed by atoms with Crippen LogP contribution in [0.5, 0.6) is 0 Å². The van der Waals surface area contributed by atoms with Crippen LogP contribution in [0, 0.1) is 29.6 Å². The third-order valence-electron chi connectivity index (χ3n) is 19.1. The van der Waals surface area contributed by atoms with E-state index in [9.17, 15) is 56.3 Å². The van der Waals surface area contributed by atoms with Gasteiger partial charge in [0.05, 0.1) is 30.2 Å². The number of nitrogens with zero attached hydrogens (tertiary/aromatic N) is 7. The van der Waals surface area contributed by atoms with Crippen molar-refractivity contribution < 1.29 is 65.9 Å². The smallest absolute Gasteiger partial charge is 0.351 e. The first-order valence-electron chi connectivity index (χ1n) is 33.5. The van der Waals surface area contributed by atoms with Crippen LogP contribution < -0.4 is 21.3 Å². The highest BCUT2D eigenvalue weighted by Gasteiger charge is 2.50. The molecule has 0 bridgehead atoms. The summed E-state index contributed by atoms with van der Waals surface area (Å²) in [5.74, 6) is -7.87. The van der Waals surface area contributed by atoms with E-state index in [4.69, 9.17) is 11.6 Å². The van der Waals surface area contributed by atoms with Crippen LogP contribution in [0.4, 0.5) is 13.2 Å². The Bertz CT molecular complexity index is 2830. The zero-order chi connectivity index (χ0) is 69.6. The molecule has 1 aromatic rings. The average Bonchev–Trinajstić information content (AvgIpc) is 1.74. The Morgan fingerprint density at radius 2 is 1.29 bits per heavy atom. The second-order valence-electron chi connectivity index (χ2n) is 28.0. The predicted octanol–water partition coefficient (Wildman–Crippen LogP) is 6.19. The van der Waals surface area contributed by atoms with Crippen molar-refractivity contribution in [3.8, 4) is 0 Å². The van der Waals surface area contributed by atoms with Crippen molar-refractivity contribution >= 4 is 76.6 Å². The summed E-state index contributed by atoms with van der Waals surface area (Å²) in [6.07, 6.45) is 2.05. The molecule has 0 radical (unpaired) electrons. The molecule has 522 valence electrons. The van der Waals surface area contributed by atoms with Crippen LogP contribution >= 0.6 is 11.6 Å². The van der Waals surface area contributed by atoms with Crippen LogP contribution in [0.15, 0.2) is 18.2 Å². The van der Waals surface area contributed by atoms with Crippen molar-refractivity contribution in [2.75, 3.05) is 68.0 Å². The second kappa shape index (κ2) is 34.2. The number of carbonyl (C=O) groups excluding carboxylic acids is 11. The second-order valence-corrected chi connectivity index (χ2v) is 28.4. The maximum atomic E-state index is 15.0. The van der Waals surface area contributed by atoms with Gasteiger partial charge in [0.1, 0.15) is 41.8 Å². The number of benzene rings is 1. The molecule has 4 fully saturated rings. The fourth-order valence-electron chi connectivity index (χ4n) is 13.6. The zero-order valence-corrected chi connectivity index (χ0v) is 58.1. The number of nitrogens with one attached hydrogen (secondary N) is 4. The van der Waals surface area contributed by atoms with Crippen LogP contribution in [0.3, 0.4) is 0 Å². The van der Waals surface area contributed by atoms with Gasteiger partial charge in [-0.05, 0) is 106 Å². The number of aryl methyl sites for hydroxylation is 1. The molecule has 26 heteroatoms. The SMILES string of the molecule is CC[C@H](C)[C@@H]1NC(=O)[C@H](CC(C)C)N(C)C(=O)C[C@@H](C)NC(=O)[C@H](C(C)C)N(C)C(=O)C2(CCCC2)NC(=O)C2CCCN2C(=O)[C@H](CCc2ccc(C(F)(F)F)c(Cl)c2)NC(=O)CN(C)C(=O)[C@H](CC2CCCCC2)N(C)C(=O)CN(C)C(=O)CN(CC(C)C)C1=O. The Morgan fingerprint density at radius 1 is 0.656 bits per heavy atom. The number of carbonyl (C=O) groups is 11. The zero-order valence-electron chi connectivity index (χ0n) is 57.3. The predicted molar refractivity (Wildman–Crippen MR) is 346 cm³/mol. The van der Waals surface area contributed by atoms with Gasteiger partial charge in [-0.25, -0.2) is 0 Å². The van der Waals surface area contributed by atoms with Crippen molar-refractivity contribution in [1.82, 2.24) is 55.6 Å². The largest absolute Gasteiger partial charge is 0.417 e. The van der Waals surface area contributed by atoms with Crippen molar-refractivity contribution in [3.05, 3.63) is 34.3 Å². The van der Waals surface area contributed by atoms with E-state index in [0.29, 0.717) is 31.2 Å². The van der Waals surface area contributed by atoms with E-state index in [1.807, 2.05) is 34.6 Å². The topological polar surface area (TPSA) is 259 Å². The normalized spacial score (nSPS) is 25.9. The first-order chi connectivity index (χ1) is 43.5. The molecule has 4 aliphatic rings. The fraction of sp³-hybridized carbons (Fsp3) is 0.746. The Morgan fingerprint density at radius 3 is 1.87 bits per heavy atom. The third-order valence-corrected chi connectivity index (χ3v) is 19.4. The van der Waals surface area contributed by atoms with Crippen LogP contribution in [0.1, 0.15) is 176 Å². The fourth-order valence-corrected chi connectivity index (χ4v) is 13.9. The van der Waals surface area contributed by atoms with Gasteiger partial charge in [0.25, 0.3) is 0 Å². The van der Waals surface area contributed by atoms with Gasteiger partial charge in [-0.3, -0.25) is 52.7 Å². The van der Waals surface area contributed by atoms with Crippen LogP contribution in [0.25, 0.3) is 0 Å². The Kier molecular flexibility index (Phi) is 28.4. The van der Waals surface area contributed by atoms with Crippen molar-refractivity contribution in [3.63, 3.8) is 0 Å². The lowest BCUT2D eigenvalue weighted by Crippen LogP contribution is -2.64. The molecule has 4 N–H and O–H groups in total. The molecule has 8 atom stereocenters. The van der Waals surface area contributed by atoms with Gasteiger partial charge in [0.15, 0.2) is 0 Å². The number of hydrogen-bond acceptors (Lipinski definition) is 11. The lowest BCUT2D eigenvalue weighted by Gasteiger charge is -2.39. The number of amides is 11. The van der Waals surface area contributed by atoms with Crippen LogP contribution in [0.2, 0.25) is 5.02 Å². The van der Waals surface area contributed by atoms with Gasteiger partial charge in [0, 0.05) is 60.8 Å². The molecule has 5 rings (SSSR count). The summed E-state index contributed by atoms with van der Waals surface area (Å²) in [5.41, 5.74) is -2.25. The molecule has 2 heterocycles.